The van der Waals surface area contributed by atoms with E-state index in [4.69, 9.17) is 0 Å². The quantitative estimate of drug-likeness (QED) is 0.756. The summed E-state index contributed by atoms with van der Waals surface area (Å²) in [7, 11) is 0. The van der Waals surface area contributed by atoms with Crippen molar-refractivity contribution < 1.29 is 9.90 Å². The number of carbonyl (C=O) groups excluding carboxylic acids is 1. The van der Waals surface area contributed by atoms with Gasteiger partial charge in [-0.1, -0.05) is 36.4 Å². The van der Waals surface area contributed by atoms with E-state index >= 15 is 0 Å². The molecule has 1 aliphatic heterocycles. The molecular formula is C19H20N4O2. The van der Waals surface area contributed by atoms with Crippen LogP contribution in [0, 0.1) is 0 Å². The van der Waals surface area contributed by atoms with Crippen LogP contribution in [-0.2, 0) is 0 Å². The first-order valence-electron chi connectivity index (χ1n) is 8.49. The molecule has 0 spiro atoms. The smallest absolute Gasteiger partial charge is 0.323 e. The van der Waals surface area contributed by atoms with Gasteiger partial charge in [-0.05, 0) is 25.0 Å². The highest BCUT2D eigenvalue weighted by molar-refractivity contribution is 5.93. The van der Waals surface area contributed by atoms with Crippen LogP contribution in [0.4, 0.5) is 10.6 Å². The van der Waals surface area contributed by atoms with Gasteiger partial charge in [0.25, 0.3) is 0 Å². The fourth-order valence-electron chi connectivity index (χ4n) is 3.16. The number of fused-ring (bicyclic) bond motifs is 1. The molecule has 0 bridgehead atoms. The molecule has 3 aromatic rings. The summed E-state index contributed by atoms with van der Waals surface area (Å²) >= 11 is 0. The summed E-state index contributed by atoms with van der Waals surface area (Å²) in [4.78, 5) is 19.1. The zero-order valence-corrected chi connectivity index (χ0v) is 13.8. The number of amides is 2. The van der Waals surface area contributed by atoms with Gasteiger partial charge in [-0.3, -0.25) is 9.72 Å². The fraction of sp³-hybridized carbons (Fsp3) is 0.263. The molecule has 2 aromatic heterocycles. The van der Waals surface area contributed by atoms with Crippen molar-refractivity contribution in [2.75, 3.05) is 18.4 Å². The molecule has 6 nitrogen and oxygen atoms in total. The van der Waals surface area contributed by atoms with Crippen LogP contribution in [0.25, 0.3) is 16.9 Å². The number of carbonyl (C=O) groups is 1. The Labute approximate surface area is 145 Å². The number of benzene rings is 1. The van der Waals surface area contributed by atoms with Crippen molar-refractivity contribution in [2.24, 2.45) is 0 Å². The van der Waals surface area contributed by atoms with Gasteiger partial charge in [0.15, 0.2) is 0 Å². The van der Waals surface area contributed by atoms with Crippen LogP contribution >= 0.6 is 0 Å². The van der Waals surface area contributed by atoms with Crippen LogP contribution in [0.15, 0.2) is 54.7 Å². The van der Waals surface area contributed by atoms with Crippen LogP contribution < -0.4 is 5.32 Å². The van der Waals surface area contributed by atoms with Gasteiger partial charge in [0.2, 0.25) is 0 Å². The molecule has 2 amide bonds. The Kier molecular flexibility index (Phi) is 4.11. The van der Waals surface area contributed by atoms with Crippen molar-refractivity contribution in [3.8, 4) is 11.3 Å². The Bertz CT molecular complexity index is 883. The highest BCUT2D eigenvalue weighted by atomic mass is 16.3. The average Bonchev–Trinajstić information content (AvgIpc) is 3.02. The lowest BCUT2D eigenvalue weighted by Gasteiger charge is -2.29. The number of anilines is 1. The molecule has 1 aliphatic rings. The van der Waals surface area contributed by atoms with Crippen molar-refractivity contribution >= 4 is 17.5 Å². The third kappa shape index (κ3) is 3.08. The number of nitrogens with zero attached hydrogens (tertiary/aromatic N) is 3. The Hall–Kier alpha value is -2.86. The van der Waals surface area contributed by atoms with E-state index in [0.717, 1.165) is 16.9 Å². The zero-order valence-electron chi connectivity index (χ0n) is 13.8. The van der Waals surface area contributed by atoms with Gasteiger partial charge in [-0.25, -0.2) is 9.78 Å². The summed E-state index contributed by atoms with van der Waals surface area (Å²) in [5.41, 5.74) is 2.48. The Balaban J connectivity index is 1.69. The minimum atomic E-state index is -0.306. The normalized spacial score (nSPS) is 15.5. The van der Waals surface area contributed by atoms with Gasteiger partial charge in [-0.2, -0.15) is 0 Å². The fourth-order valence-corrected chi connectivity index (χ4v) is 3.16. The van der Waals surface area contributed by atoms with E-state index in [1.54, 1.807) is 4.90 Å². The lowest BCUT2D eigenvalue weighted by Crippen LogP contribution is -2.42. The largest absolute Gasteiger partial charge is 0.393 e. The molecule has 4 rings (SSSR count). The minimum absolute atomic E-state index is 0.158. The van der Waals surface area contributed by atoms with Gasteiger partial charge in [0, 0.05) is 24.8 Å². The number of aliphatic hydroxyl groups excluding tert-OH is 1. The van der Waals surface area contributed by atoms with Crippen LogP contribution in [0.2, 0.25) is 0 Å². The number of aromatic nitrogens is 2. The molecule has 6 heteroatoms. The number of hydrogen-bond acceptors (Lipinski definition) is 3. The third-order valence-corrected chi connectivity index (χ3v) is 4.55. The molecule has 3 heterocycles. The van der Waals surface area contributed by atoms with E-state index in [0.29, 0.717) is 31.7 Å². The number of hydrogen-bond donors (Lipinski definition) is 2. The molecule has 128 valence electrons. The standard InChI is InChI=1S/C19H20N4O2/c24-15-9-12-22(13-10-15)19(25)21-18-17(14-6-2-1-3-7-14)20-16-8-4-5-11-23(16)18/h1-8,11,15,24H,9-10,12-13H2,(H,21,25). The topological polar surface area (TPSA) is 69.9 Å². The van der Waals surface area contributed by atoms with E-state index in [2.05, 4.69) is 10.3 Å². The van der Waals surface area contributed by atoms with Crippen molar-refractivity contribution in [1.82, 2.24) is 14.3 Å². The van der Waals surface area contributed by atoms with E-state index in [1.807, 2.05) is 59.1 Å². The first-order valence-corrected chi connectivity index (χ1v) is 8.49. The molecule has 1 fully saturated rings. The molecule has 0 unspecified atom stereocenters. The predicted octanol–water partition coefficient (Wildman–Crippen LogP) is 2.99. The van der Waals surface area contributed by atoms with Crippen molar-refractivity contribution in [1.29, 1.82) is 0 Å². The molecule has 0 saturated carbocycles. The highest BCUT2D eigenvalue weighted by Crippen LogP contribution is 2.29. The maximum absolute atomic E-state index is 12.7. The summed E-state index contributed by atoms with van der Waals surface area (Å²) < 4.78 is 1.89. The number of piperidine rings is 1. The molecule has 1 saturated heterocycles. The summed E-state index contributed by atoms with van der Waals surface area (Å²) in [6.45, 7) is 1.12. The SMILES string of the molecule is O=C(Nc1c(-c2ccccc2)nc2ccccn12)N1CCC(O)CC1. The van der Waals surface area contributed by atoms with Crippen molar-refractivity contribution in [2.45, 2.75) is 18.9 Å². The Morgan fingerprint density at radius 2 is 1.80 bits per heavy atom. The number of likely N-dealkylation sites (tertiary alicyclic amines) is 1. The Morgan fingerprint density at radius 1 is 1.08 bits per heavy atom. The molecule has 25 heavy (non-hydrogen) atoms. The summed E-state index contributed by atoms with van der Waals surface area (Å²) in [6, 6.07) is 15.4. The summed E-state index contributed by atoms with van der Waals surface area (Å²) in [5, 5.41) is 12.6. The maximum Gasteiger partial charge on any atom is 0.323 e. The molecule has 1 aromatic carbocycles. The number of aliphatic hydroxyl groups is 1. The lowest BCUT2D eigenvalue weighted by molar-refractivity contribution is 0.0972. The van der Waals surface area contributed by atoms with Crippen LogP contribution in [0.1, 0.15) is 12.8 Å². The molecular weight excluding hydrogens is 316 g/mol. The van der Waals surface area contributed by atoms with Crippen LogP contribution in [0.3, 0.4) is 0 Å². The molecule has 0 aliphatic carbocycles. The summed E-state index contributed by atoms with van der Waals surface area (Å²) in [5.74, 6) is 0.665. The predicted molar refractivity (Wildman–Crippen MR) is 96.5 cm³/mol. The van der Waals surface area contributed by atoms with E-state index in [1.165, 1.54) is 0 Å². The van der Waals surface area contributed by atoms with Crippen LogP contribution in [0.5, 0.6) is 0 Å². The van der Waals surface area contributed by atoms with E-state index in [-0.39, 0.29) is 12.1 Å². The average molecular weight is 336 g/mol. The monoisotopic (exact) mass is 336 g/mol. The van der Waals surface area contributed by atoms with Crippen LogP contribution in [-0.4, -0.2) is 44.6 Å². The number of urea groups is 1. The maximum atomic E-state index is 12.7. The summed E-state index contributed by atoms with van der Waals surface area (Å²) in [6.07, 6.45) is 2.82. The number of nitrogens with one attached hydrogen (secondary N) is 1. The number of imidazole rings is 1. The number of pyridine rings is 1. The van der Waals surface area contributed by atoms with Gasteiger partial charge in [-0.15, -0.1) is 0 Å². The molecule has 2 N–H and O–H groups in total. The first-order chi connectivity index (χ1) is 12.2. The van der Waals surface area contributed by atoms with Gasteiger partial charge < -0.3 is 10.0 Å². The lowest BCUT2D eigenvalue weighted by atomic mass is 10.1. The highest BCUT2D eigenvalue weighted by Gasteiger charge is 2.23. The third-order valence-electron chi connectivity index (χ3n) is 4.55. The van der Waals surface area contributed by atoms with Gasteiger partial charge in [0.05, 0.1) is 6.10 Å². The van der Waals surface area contributed by atoms with E-state index in [9.17, 15) is 9.90 Å². The minimum Gasteiger partial charge on any atom is -0.393 e. The second-order valence-electron chi connectivity index (χ2n) is 6.25. The van der Waals surface area contributed by atoms with Gasteiger partial charge >= 0.3 is 6.03 Å². The second-order valence-corrected chi connectivity index (χ2v) is 6.25. The molecule has 0 radical (unpaired) electrons. The number of rotatable bonds is 2. The molecule has 0 atom stereocenters. The van der Waals surface area contributed by atoms with Gasteiger partial charge in [0.1, 0.15) is 17.2 Å². The second kappa shape index (κ2) is 6.57. The van der Waals surface area contributed by atoms with E-state index < -0.39 is 0 Å². The van der Waals surface area contributed by atoms with Crippen molar-refractivity contribution in [3.63, 3.8) is 0 Å². The zero-order chi connectivity index (χ0) is 17.2. The van der Waals surface area contributed by atoms with Crippen molar-refractivity contribution in [3.05, 3.63) is 54.7 Å². The Morgan fingerprint density at radius 3 is 2.56 bits per heavy atom. The first kappa shape index (κ1) is 15.7.